The second-order valence-corrected chi connectivity index (χ2v) is 7.18. The quantitative estimate of drug-likeness (QED) is 0.446. The van der Waals surface area contributed by atoms with Gasteiger partial charge >= 0.3 is 0 Å². The summed E-state index contributed by atoms with van der Waals surface area (Å²) < 4.78 is 6.91. The van der Waals surface area contributed by atoms with Gasteiger partial charge < -0.3 is 10.5 Å². The summed E-state index contributed by atoms with van der Waals surface area (Å²) in [6.07, 6.45) is 1.70. The molecule has 25 heavy (non-hydrogen) atoms. The van der Waals surface area contributed by atoms with Gasteiger partial charge in [-0.15, -0.1) is 11.3 Å². The molecule has 0 atom stereocenters. The highest BCUT2D eigenvalue weighted by atomic mass is 79.9. The molecule has 7 heteroatoms. The number of benzene rings is 2. The number of hydrogen-bond donors (Lipinski definition) is 2. The summed E-state index contributed by atoms with van der Waals surface area (Å²) in [6, 6.07) is 14.1. The van der Waals surface area contributed by atoms with Crippen molar-refractivity contribution in [2.45, 2.75) is 13.5 Å². The van der Waals surface area contributed by atoms with Gasteiger partial charge in [0.1, 0.15) is 18.2 Å². The van der Waals surface area contributed by atoms with E-state index in [1.54, 1.807) is 11.6 Å². The largest absolute Gasteiger partial charge is 0.488 e. The summed E-state index contributed by atoms with van der Waals surface area (Å²) in [5.41, 5.74) is 11.7. The minimum absolute atomic E-state index is 0.479. The first kappa shape index (κ1) is 17.4. The third kappa shape index (κ3) is 5.04. The van der Waals surface area contributed by atoms with Gasteiger partial charge in [0.15, 0.2) is 0 Å². The van der Waals surface area contributed by atoms with Crippen LogP contribution in [0.2, 0.25) is 0 Å². The number of ether oxygens (including phenoxy) is 1. The van der Waals surface area contributed by atoms with E-state index < -0.39 is 0 Å². The number of rotatable bonds is 6. The van der Waals surface area contributed by atoms with E-state index in [-0.39, 0.29) is 0 Å². The van der Waals surface area contributed by atoms with E-state index in [0.717, 1.165) is 21.3 Å². The molecule has 3 N–H and O–H groups in total. The molecule has 1 heterocycles. The lowest BCUT2D eigenvalue weighted by molar-refractivity contribution is 0.305. The maximum absolute atomic E-state index is 5.95. The number of thiazole rings is 1. The van der Waals surface area contributed by atoms with E-state index in [2.05, 4.69) is 62.6 Å². The van der Waals surface area contributed by atoms with Gasteiger partial charge in [0, 0.05) is 15.4 Å². The summed E-state index contributed by atoms with van der Waals surface area (Å²) in [4.78, 5) is 4.10. The standard InChI is InChI=1S/C18H17BrN4OS/c1-12-2-4-13(5-3-12)10-24-16-7-6-15(19)8-14(16)9-21-23-18-22-17(20)11-25-18/h2-9,11H,10,20H2,1H3,(H,22,23). The van der Waals surface area contributed by atoms with E-state index in [9.17, 15) is 0 Å². The van der Waals surface area contributed by atoms with Gasteiger partial charge in [0.2, 0.25) is 5.13 Å². The first-order chi connectivity index (χ1) is 12.1. The first-order valence-electron chi connectivity index (χ1n) is 7.58. The molecule has 2 aromatic carbocycles. The van der Waals surface area contributed by atoms with E-state index in [0.29, 0.717) is 17.6 Å². The van der Waals surface area contributed by atoms with Crippen molar-refractivity contribution in [3.05, 3.63) is 69.0 Å². The Kier molecular flexibility index (Phi) is 5.67. The average Bonchev–Trinajstić information content (AvgIpc) is 3.01. The summed E-state index contributed by atoms with van der Waals surface area (Å²) >= 11 is 4.88. The molecular formula is C18H17BrN4OS. The number of nitrogens with zero attached hydrogens (tertiary/aromatic N) is 2. The Labute approximate surface area is 158 Å². The van der Waals surface area contributed by atoms with Crippen LogP contribution in [0.3, 0.4) is 0 Å². The van der Waals surface area contributed by atoms with Crippen LogP contribution in [0.4, 0.5) is 10.9 Å². The third-order valence-corrected chi connectivity index (χ3v) is 4.63. The van der Waals surface area contributed by atoms with E-state index >= 15 is 0 Å². The number of anilines is 2. The van der Waals surface area contributed by atoms with Crippen LogP contribution < -0.4 is 15.9 Å². The van der Waals surface area contributed by atoms with Crippen molar-refractivity contribution >= 4 is 44.4 Å². The lowest BCUT2D eigenvalue weighted by Gasteiger charge is -2.10. The number of aromatic nitrogens is 1. The Balaban J connectivity index is 1.70. The van der Waals surface area contributed by atoms with Gasteiger partial charge in [-0.05, 0) is 30.7 Å². The molecule has 0 radical (unpaired) electrons. The minimum Gasteiger partial charge on any atom is -0.488 e. The fraction of sp³-hybridized carbons (Fsp3) is 0.111. The highest BCUT2D eigenvalue weighted by molar-refractivity contribution is 9.10. The fourth-order valence-corrected chi connectivity index (χ4v) is 3.02. The predicted molar refractivity (Wildman–Crippen MR) is 107 cm³/mol. The number of hydrazone groups is 1. The second kappa shape index (κ2) is 8.13. The van der Waals surface area contributed by atoms with Crippen LogP contribution in [0, 0.1) is 6.92 Å². The zero-order valence-corrected chi connectivity index (χ0v) is 16.0. The summed E-state index contributed by atoms with van der Waals surface area (Å²) in [6.45, 7) is 2.57. The van der Waals surface area contributed by atoms with Crippen LogP contribution in [0.25, 0.3) is 0 Å². The molecule has 0 aliphatic rings. The number of nitrogens with one attached hydrogen (secondary N) is 1. The maximum atomic E-state index is 5.95. The van der Waals surface area contributed by atoms with Crippen LogP contribution in [0.5, 0.6) is 5.75 Å². The normalized spacial score (nSPS) is 11.0. The maximum Gasteiger partial charge on any atom is 0.205 e. The molecule has 3 aromatic rings. The summed E-state index contributed by atoms with van der Waals surface area (Å²) in [7, 11) is 0. The SMILES string of the molecule is Cc1ccc(COc2ccc(Br)cc2C=NNc2nc(N)cs2)cc1. The van der Waals surface area contributed by atoms with Crippen molar-refractivity contribution in [3.63, 3.8) is 0 Å². The van der Waals surface area contributed by atoms with Gasteiger partial charge in [-0.25, -0.2) is 4.98 Å². The Bertz CT molecular complexity index is 877. The van der Waals surface area contributed by atoms with E-state index in [1.165, 1.54) is 16.9 Å². The van der Waals surface area contributed by atoms with Crippen molar-refractivity contribution in [1.29, 1.82) is 0 Å². The van der Waals surface area contributed by atoms with Gasteiger partial charge in [-0.1, -0.05) is 45.8 Å². The molecule has 0 amide bonds. The van der Waals surface area contributed by atoms with Crippen molar-refractivity contribution in [1.82, 2.24) is 4.98 Å². The molecule has 0 fully saturated rings. The van der Waals surface area contributed by atoms with Gasteiger partial charge in [-0.3, -0.25) is 5.43 Å². The molecule has 3 rings (SSSR count). The molecule has 0 bridgehead atoms. The van der Waals surface area contributed by atoms with Gasteiger partial charge in [0.05, 0.1) is 6.21 Å². The highest BCUT2D eigenvalue weighted by Gasteiger charge is 2.04. The predicted octanol–water partition coefficient (Wildman–Crippen LogP) is 4.82. The van der Waals surface area contributed by atoms with Crippen molar-refractivity contribution in [2.24, 2.45) is 5.10 Å². The lowest BCUT2D eigenvalue weighted by Crippen LogP contribution is -1.99. The first-order valence-corrected chi connectivity index (χ1v) is 9.25. The minimum atomic E-state index is 0.479. The Morgan fingerprint density at radius 3 is 2.80 bits per heavy atom. The van der Waals surface area contributed by atoms with E-state index in [4.69, 9.17) is 10.5 Å². The Morgan fingerprint density at radius 1 is 1.28 bits per heavy atom. The van der Waals surface area contributed by atoms with Crippen molar-refractivity contribution < 1.29 is 4.74 Å². The van der Waals surface area contributed by atoms with Crippen molar-refractivity contribution in [3.8, 4) is 5.75 Å². The number of hydrogen-bond acceptors (Lipinski definition) is 6. The zero-order valence-electron chi connectivity index (χ0n) is 13.6. The number of halogens is 1. The number of nitrogens with two attached hydrogens (primary N) is 1. The molecule has 0 aliphatic heterocycles. The van der Waals surface area contributed by atoms with E-state index in [1.807, 2.05) is 18.2 Å². The van der Waals surface area contributed by atoms with Crippen LogP contribution in [0.15, 0.2) is 57.4 Å². The van der Waals surface area contributed by atoms with Crippen LogP contribution in [-0.4, -0.2) is 11.2 Å². The zero-order chi connectivity index (χ0) is 17.6. The highest BCUT2D eigenvalue weighted by Crippen LogP contribution is 2.23. The Hall–Kier alpha value is -2.38. The van der Waals surface area contributed by atoms with Crippen molar-refractivity contribution in [2.75, 3.05) is 11.2 Å². The lowest BCUT2D eigenvalue weighted by atomic mass is 10.1. The fourth-order valence-electron chi connectivity index (χ4n) is 2.09. The number of aryl methyl sites for hydroxylation is 1. The summed E-state index contributed by atoms with van der Waals surface area (Å²) in [5, 5.41) is 6.61. The van der Waals surface area contributed by atoms with Gasteiger partial charge in [-0.2, -0.15) is 5.10 Å². The van der Waals surface area contributed by atoms with Crippen LogP contribution in [-0.2, 0) is 6.61 Å². The summed E-state index contributed by atoms with van der Waals surface area (Å²) in [5.74, 6) is 1.24. The van der Waals surface area contributed by atoms with Crippen LogP contribution in [0.1, 0.15) is 16.7 Å². The average molecular weight is 417 g/mol. The third-order valence-electron chi connectivity index (χ3n) is 3.37. The Morgan fingerprint density at radius 2 is 2.08 bits per heavy atom. The molecule has 0 saturated heterocycles. The smallest absolute Gasteiger partial charge is 0.205 e. The second-order valence-electron chi connectivity index (χ2n) is 5.40. The van der Waals surface area contributed by atoms with Gasteiger partial charge in [0.25, 0.3) is 0 Å². The molecular weight excluding hydrogens is 400 g/mol. The molecule has 0 spiro atoms. The molecule has 128 valence electrons. The molecule has 5 nitrogen and oxygen atoms in total. The monoisotopic (exact) mass is 416 g/mol. The molecule has 0 aliphatic carbocycles. The number of nitrogen functional groups attached to an aromatic ring is 1. The molecule has 0 saturated carbocycles. The van der Waals surface area contributed by atoms with Crippen LogP contribution >= 0.6 is 27.3 Å². The topological polar surface area (TPSA) is 72.5 Å². The molecule has 1 aromatic heterocycles. The molecule has 0 unspecified atom stereocenters.